The fourth-order valence-electron chi connectivity index (χ4n) is 2.36. The fraction of sp³-hybridized carbons (Fsp3) is 0.333. The average Bonchev–Trinajstić information content (AvgIpc) is 2.57. The van der Waals surface area contributed by atoms with Gasteiger partial charge in [-0.1, -0.05) is 42.5 Å². The summed E-state index contributed by atoms with van der Waals surface area (Å²) < 4.78 is 9.77. The van der Waals surface area contributed by atoms with Crippen molar-refractivity contribution in [2.24, 2.45) is 0 Å². The lowest BCUT2D eigenvalue weighted by Crippen LogP contribution is -2.31. The summed E-state index contributed by atoms with van der Waals surface area (Å²) in [5.74, 6) is -0.880. The van der Waals surface area contributed by atoms with Gasteiger partial charge in [0.2, 0.25) is 0 Å². The standard InChI is InChI=1S/C18H21NO4/c1-3-22-12-18(21)23-11-17(20)19-13(2)15-10-6-8-14-7-4-5-9-16(14)15/h4-10,13H,3,11-12H2,1-2H3,(H,19,20)/t13-/m1/s1. The number of hydrogen-bond acceptors (Lipinski definition) is 4. The highest BCUT2D eigenvalue weighted by molar-refractivity contribution is 5.87. The molecule has 1 amide bonds. The van der Waals surface area contributed by atoms with Crippen LogP contribution in [-0.2, 0) is 19.1 Å². The van der Waals surface area contributed by atoms with Crippen LogP contribution in [0.3, 0.4) is 0 Å². The molecule has 0 unspecified atom stereocenters. The third-order valence-corrected chi connectivity index (χ3v) is 3.46. The summed E-state index contributed by atoms with van der Waals surface area (Å²) in [7, 11) is 0. The second-order valence-corrected chi connectivity index (χ2v) is 5.16. The molecule has 1 atom stereocenters. The van der Waals surface area contributed by atoms with Gasteiger partial charge in [0.15, 0.2) is 6.61 Å². The predicted molar refractivity (Wildman–Crippen MR) is 88.0 cm³/mol. The summed E-state index contributed by atoms with van der Waals surface area (Å²) in [6.45, 7) is 3.68. The Labute approximate surface area is 135 Å². The summed E-state index contributed by atoms with van der Waals surface area (Å²) in [4.78, 5) is 23.2. The second-order valence-electron chi connectivity index (χ2n) is 5.16. The zero-order valence-electron chi connectivity index (χ0n) is 13.4. The van der Waals surface area contributed by atoms with Gasteiger partial charge in [0.05, 0.1) is 6.04 Å². The number of ether oxygens (including phenoxy) is 2. The van der Waals surface area contributed by atoms with Crippen molar-refractivity contribution in [2.75, 3.05) is 19.8 Å². The van der Waals surface area contributed by atoms with Gasteiger partial charge < -0.3 is 14.8 Å². The molecule has 5 nitrogen and oxygen atoms in total. The molecule has 0 fully saturated rings. The number of benzene rings is 2. The largest absolute Gasteiger partial charge is 0.454 e. The van der Waals surface area contributed by atoms with Gasteiger partial charge in [-0.25, -0.2) is 4.79 Å². The van der Waals surface area contributed by atoms with E-state index in [0.29, 0.717) is 6.61 Å². The summed E-state index contributed by atoms with van der Waals surface area (Å²) in [5.41, 5.74) is 1.03. The Morgan fingerprint density at radius 3 is 2.61 bits per heavy atom. The summed E-state index contributed by atoms with van der Waals surface area (Å²) in [6.07, 6.45) is 0. The highest BCUT2D eigenvalue weighted by atomic mass is 16.6. The minimum atomic E-state index is -0.542. The zero-order chi connectivity index (χ0) is 16.7. The number of nitrogens with one attached hydrogen (secondary N) is 1. The Kier molecular flexibility index (Phi) is 6.11. The molecule has 2 rings (SSSR count). The molecule has 1 N–H and O–H groups in total. The normalized spacial score (nSPS) is 11.9. The third kappa shape index (κ3) is 4.79. The maximum atomic E-state index is 11.9. The molecular formula is C18H21NO4. The van der Waals surface area contributed by atoms with Crippen molar-refractivity contribution in [2.45, 2.75) is 19.9 Å². The van der Waals surface area contributed by atoms with E-state index in [2.05, 4.69) is 5.32 Å². The van der Waals surface area contributed by atoms with Gasteiger partial charge in [-0.2, -0.15) is 0 Å². The third-order valence-electron chi connectivity index (χ3n) is 3.46. The lowest BCUT2D eigenvalue weighted by Gasteiger charge is -2.16. The fourth-order valence-corrected chi connectivity index (χ4v) is 2.36. The van der Waals surface area contributed by atoms with Gasteiger partial charge in [-0.3, -0.25) is 4.79 Å². The molecule has 0 aliphatic rings. The molecule has 0 bridgehead atoms. The highest BCUT2D eigenvalue weighted by Gasteiger charge is 2.13. The molecule has 0 heterocycles. The van der Waals surface area contributed by atoms with Crippen molar-refractivity contribution in [3.05, 3.63) is 48.0 Å². The SMILES string of the molecule is CCOCC(=O)OCC(=O)N[C@H](C)c1cccc2ccccc12. The molecule has 0 aliphatic carbocycles. The van der Waals surface area contributed by atoms with Crippen LogP contribution in [0, 0.1) is 0 Å². The van der Waals surface area contributed by atoms with E-state index in [4.69, 9.17) is 9.47 Å². The maximum Gasteiger partial charge on any atom is 0.332 e. The minimum Gasteiger partial charge on any atom is -0.454 e. The van der Waals surface area contributed by atoms with Crippen LogP contribution in [-0.4, -0.2) is 31.7 Å². The highest BCUT2D eigenvalue weighted by Crippen LogP contribution is 2.23. The predicted octanol–water partition coefficient (Wildman–Crippen LogP) is 2.60. The molecule has 2 aromatic rings. The van der Waals surface area contributed by atoms with E-state index in [1.165, 1.54) is 0 Å². The first kappa shape index (κ1) is 17.0. The van der Waals surface area contributed by atoms with E-state index in [-0.39, 0.29) is 25.2 Å². The minimum absolute atomic E-state index is 0.136. The van der Waals surface area contributed by atoms with Crippen molar-refractivity contribution in [3.63, 3.8) is 0 Å². The number of amides is 1. The molecule has 0 saturated heterocycles. The number of carbonyl (C=O) groups excluding carboxylic acids is 2. The van der Waals surface area contributed by atoms with Crippen molar-refractivity contribution in [1.82, 2.24) is 5.32 Å². The van der Waals surface area contributed by atoms with Crippen LogP contribution < -0.4 is 5.32 Å². The van der Waals surface area contributed by atoms with E-state index in [1.807, 2.05) is 49.4 Å². The summed E-state index contributed by atoms with van der Waals surface area (Å²) in [5, 5.41) is 5.06. The Balaban J connectivity index is 1.94. The monoisotopic (exact) mass is 315 g/mol. The summed E-state index contributed by atoms with van der Waals surface area (Å²) >= 11 is 0. The van der Waals surface area contributed by atoms with Gasteiger partial charge in [0.25, 0.3) is 5.91 Å². The lowest BCUT2D eigenvalue weighted by molar-refractivity contribution is -0.152. The smallest absolute Gasteiger partial charge is 0.332 e. The van der Waals surface area contributed by atoms with E-state index >= 15 is 0 Å². The maximum absolute atomic E-state index is 11.9. The van der Waals surface area contributed by atoms with Gasteiger partial charge >= 0.3 is 5.97 Å². The van der Waals surface area contributed by atoms with Gasteiger partial charge in [0, 0.05) is 6.61 Å². The Bertz CT molecular complexity index is 678. The van der Waals surface area contributed by atoms with Crippen LogP contribution in [0.1, 0.15) is 25.5 Å². The molecule has 2 aromatic carbocycles. The van der Waals surface area contributed by atoms with Crippen LogP contribution in [0.15, 0.2) is 42.5 Å². The van der Waals surface area contributed by atoms with Crippen molar-refractivity contribution in [1.29, 1.82) is 0 Å². The molecule has 0 saturated carbocycles. The molecule has 122 valence electrons. The average molecular weight is 315 g/mol. The van der Waals surface area contributed by atoms with Gasteiger partial charge in [0.1, 0.15) is 6.61 Å². The topological polar surface area (TPSA) is 64.6 Å². The van der Waals surface area contributed by atoms with Crippen molar-refractivity contribution < 1.29 is 19.1 Å². The number of hydrogen-bond donors (Lipinski definition) is 1. The Hall–Kier alpha value is -2.40. The molecule has 23 heavy (non-hydrogen) atoms. The van der Waals surface area contributed by atoms with E-state index in [0.717, 1.165) is 16.3 Å². The number of esters is 1. The zero-order valence-corrected chi connectivity index (χ0v) is 13.4. The molecule has 0 aromatic heterocycles. The van der Waals surface area contributed by atoms with Crippen LogP contribution in [0.25, 0.3) is 10.8 Å². The van der Waals surface area contributed by atoms with Crippen LogP contribution in [0.4, 0.5) is 0 Å². The Morgan fingerprint density at radius 1 is 1.09 bits per heavy atom. The van der Waals surface area contributed by atoms with E-state index < -0.39 is 5.97 Å². The van der Waals surface area contributed by atoms with Crippen molar-refractivity contribution in [3.8, 4) is 0 Å². The first-order valence-corrected chi connectivity index (χ1v) is 7.62. The van der Waals surface area contributed by atoms with E-state index in [1.54, 1.807) is 6.92 Å². The molecular weight excluding hydrogens is 294 g/mol. The molecule has 0 radical (unpaired) electrons. The number of rotatable bonds is 7. The molecule has 0 spiro atoms. The first-order chi connectivity index (χ1) is 11.1. The van der Waals surface area contributed by atoms with Gasteiger partial charge in [-0.05, 0) is 30.2 Å². The van der Waals surface area contributed by atoms with Crippen LogP contribution in [0.5, 0.6) is 0 Å². The van der Waals surface area contributed by atoms with E-state index in [9.17, 15) is 9.59 Å². The lowest BCUT2D eigenvalue weighted by atomic mass is 10.00. The second kappa shape index (κ2) is 8.29. The van der Waals surface area contributed by atoms with Crippen LogP contribution >= 0.6 is 0 Å². The van der Waals surface area contributed by atoms with Gasteiger partial charge in [-0.15, -0.1) is 0 Å². The number of fused-ring (bicyclic) bond motifs is 1. The quantitative estimate of drug-likeness (QED) is 0.798. The molecule has 0 aliphatic heterocycles. The summed E-state index contributed by atoms with van der Waals surface area (Å²) in [6, 6.07) is 13.8. The number of carbonyl (C=O) groups is 2. The van der Waals surface area contributed by atoms with Crippen LogP contribution in [0.2, 0.25) is 0 Å². The van der Waals surface area contributed by atoms with Crippen molar-refractivity contribution >= 4 is 22.6 Å². The first-order valence-electron chi connectivity index (χ1n) is 7.62. The Morgan fingerprint density at radius 2 is 1.83 bits per heavy atom. The molecule has 5 heteroatoms.